The van der Waals surface area contributed by atoms with E-state index in [-0.39, 0.29) is 30.1 Å². The Morgan fingerprint density at radius 1 is 1.09 bits per heavy atom. The second-order valence-electron chi connectivity index (χ2n) is 6.26. The summed E-state index contributed by atoms with van der Waals surface area (Å²) in [6.07, 6.45) is 2.17. The van der Waals surface area contributed by atoms with E-state index in [0.717, 1.165) is 24.0 Å². The van der Waals surface area contributed by atoms with Gasteiger partial charge >= 0.3 is 11.9 Å². The molecular formula is C18H24O4. The molecule has 4 nitrogen and oxygen atoms in total. The summed E-state index contributed by atoms with van der Waals surface area (Å²) in [4.78, 5) is 24.7. The van der Waals surface area contributed by atoms with Gasteiger partial charge in [-0.2, -0.15) is 0 Å². The van der Waals surface area contributed by atoms with Crippen LogP contribution >= 0.6 is 0 Å². The van der Waals surface area contributed by atoms with Crippen molar-refractivity contribution in [2.75, 3.05) is 0 Å². The Bertz CT molecular complexity index is 560. The van der Waals surface area contributed by atoms with Crippen LogP contribution in [0.3, 0.4) is 0 Å². The molecule has 1 atom stereocenters. The molecule has 2 rings (SSSR count). The van der Waals surface area contributed by atoms with Gasteiger partial charge < -0.3 is 9.47 Å². The highest BCUT2D eigenvalue weighted by Crippen LogP contribution is 2.35. The molecule has 0 heterocycles. The van der Waals surface area contributed by atoms with Gasteiger partial charge in [0.1, 0.15) is 0 Å². The Labute approximate surface area is 131 Å². The molecule has 1 aromatic carbocycles. The van der Waals surface area contributed by atoms with Gasteiger partial charge in [-0.25, -0.2) is 4.79 Å². The SMILES string of the molecule is CC(C)OC(=O)c1cccc2c1C(C(=O)OC(C)C)CCC2. The third-order valence-corrected chi connectivity index (χ3v) is 3.68. The minimum Gasteiger partial charge on any atom is -0.463 e. The Balaban J connectivity index is 2.39. The molecule has 4 heteroatoms. The maximum Gasteiger partial charge on any atom is 0.338 e. The summed E-state index contributed by atoms with van der Waals surface area (Å²) in [5, 5.41) is 0. The van der Waals surface area contributed by atoms with E-state index in [1.807, 2.05) is 39.8 Å². The van der Waals surface area contributed by atoms with Crippen LogP contribution in [0.2, 0.25) is 0 Å². The molecule has 120 valence electrons. The van der Waals surface area contributed by atoms with Crippen molar-refractivity contribution in [3.8, 4) is 0 Å². The second kappa shape index (κ2) is 6.95. The van der Waals surface area contributed by atoms with E-state index in [1.54, 1.807) is 6.07 Å². The van der Waals surface area contributed by atoms with E-state index in [9.17, 15) is 9.59 Å². The molecule has 0 amide bonds. The summed E-state index contributed by atoms with van der Waals surface area (Å²) in [5.74, 6) is -0.987. The largest absolute Gasteiger partial charge is 0.463 e. The molecule has 1 unspecified atom stereocenters. The first-order valence-corrected chi connectivity index (χ1v) is 7.93. The lowest BCUT2D eigenvalue weighted by molar-refractivity contribution is -0.149. The number of esters is 2. The topological polar surface area (TPSA) is 52.6 Å². The van der Waals surface area contributed by atoms with Gasteiger partial charge in [-0.1, -0.05) is 12.1 Å². The van der Waals surface area contributed by atoms with Crippen molar-refractivity contribution in [2.45, 2.75) is 65.1 Å². The van der Waals surface area contributed by atoms with Crippen LogP contribution in [0.25, 0.3) is 0 Å². The van der Waals surface area contributed by atoms with E-state index >= 15 is 0 Å². The Kier molecular flexibility index (Phi) is 5.22. The van der Waals surface area contributed by atoms with E-state index in [1.165, 1.54) is 0 Å². The highest BCUT2D eigenvalue weighted by atomic mass is 16.5. The van der Waals surface area contributed by atoms with Gasteiger partial charge in [-0.05, 0) is 64.2 Å². The molecule has 0 N–H and O–H groups in total. The monoisotopic (exact) mass is 304 g/mol. The second-order valence-corrected chi connectivity index (χ2v) is 6.26. The fourth-order valence-corrected chi connectivity index (χ4v) is 2.89. The molecular weight excluding hydrogens is 280 g/mol. The van der Waals surface area contributed by atoms with Gasteiger partial charge in [0.05, 0.1) is 23.7 Å². The molecule has 22 heavy (non-hydrogen) atoms. The molecule has 0 radical (unpaired) electrons. The maximum atomic E-state index is 12.4. The zero-order valence-electron chi connectivity index (χ0n) is 13.7. The molecule has 0 spiro atoms. The first kappa shape index (κ1) is 16.5. The number of hydrogen-bond acceptors (Lipinski definition) is 4. The molecule has 1 aromatic rings. The zero-order valence-corrected chi connectivity index (χ0v) is 13.7. The Morgan fingerprint density at radius 3 is 2.41 bits per heavy atom. The van der Waals surface area contributed by atoms with Gasteiger partial charge in [0, 0.05) is 0 Å². The predicted molar refractivity (Wildman–Crippen MR) is 83.9 cm³/mol. The molecule has 0 aliphatic heterocycles. The van der Waals surface area contributed by atoms with Crippen molar-refractivity contribution in [3.05, 3.63) is 34.9 Å². The van der Waals surface area contributed by atoms with Crippen molar-refractivity contribution in [1.29, 1.82) is 0 Å². The number of fused-ring (bicyclic) bond motifs is 1. The number of benzene rings is 1. The number of carbonyl (C=O) groups is 2. The summed E-state index contributed by atoms with van der Waals surface area (Å²) in [6.45, 7) is 7.30. The summed E-state index contributed by atoms with van der Waals surface area (Å²) in [6, 6.07) is 5.58. The normalized spacial score (nSPS) is 17.3. The lowest BCUT2D eigenvalue weighted by Gasteiger charge is -2.27. The van der Waals surface area contributed by atoms with Gasteiger partial charge in [0.15, 0.2) is 0 Å². The number of aryl methyl sites for hydroxylation is 1. The minimum atomic E-state index is -0.373. The van der Waals surface area contributed by atoms with Crippen molar-refractivity contribution in [3.63, 3.8) is 0 Å². The Morgan fingerprint density at radius 2 is 1.77 bits per heavy atom. The van der Waals surface area contributed by atoms with Gasteiger partial charge in [-0.3, -0.25) is 4.79 Å². The number of carbonyl (C=O) groups excluding carboxylic acids is 2. The molecule has 0 saturated carbocycles. The molecule has 0 aromatic heterocycles. The maximum absolute atomic E-state index is 12.4. The number of ether oxygens (including phenoxy) is 2. The summed E-state index contributed by atoms with van der Waals surface area (Å²) < 4.78 is 10.7. The fraction of sp³-hybridized carbons (Fsp3) is 0.556. The van der Waals surface area contributed by atoms with Crippen molar-refractivity contribution in [2.24, 2.45) is 0 Å². The fourth-order valence-electron chi connectivity index (χ4n) is 2.89. The van der Waals surface area contributed by atoms with E-state index < -0.39 is 0 Å². The molecule has 0 saturated heterocycles. The van der Waals surface area contributed by atoms with Crippen LogP contribution in [-0.2, 0) is 20.7 Å². The van der Waals surface area contributed by atoms with Gasteiger partial charge in [-0.15, -0.1) is 0 Å². The van der Waals surface area contributed by atoms with Crippen LogP contribution in [0.5, 0.6) is 0 Å². The van der Waals surface area contributed by atoms with Crippen LogP contribution in [0, 0.1) is 0 Å². The van der Waals surface area contributed by atoms with Crippen molar-refractivity contribution in [1.82, 2.24) is 0 Å². The number of rotatable bonds is 4. The third-order valence-electron chi connectivity index (χ3n) is 3.68. The van der Waals surface area contributed by atoms with E-state index in [0.29, 0.717) is 12.0 Å². The lowest BCUT2D eigenvalue weighted by atomic mass is 9.80. The Hall–Kier alpha value is -1.84. The molecule has 1 aliphatic rings. The van der Waals surface area contributed by atoms with Gasteiger partial charge in [0.25, 0.3) is 0 Å². The van der Waals surface area contributed by atoms with Gasteiger partial charge in [0.2, 0.25) is 0 Å². The molecule has 1 aliphatic carbocycles. The zero-order chi connectivity index (χ0) is 16.3. The lowest BCUT2D eigenvalue weighted by Crippen LogP contribution is -2.26. The first-order valence-electron chi connectivity index (χ1n) is 7.93. The third kappa shape index (κ3) is 3.67. The highest BCUT2D eigenvalue weighted by Gasteiger charge is 2.32. The average Bonchev–Trinajstić information content (AvgIpc) is 2.44. The smallest absolute Gasteiger partial charge is 0.338 e. The standard InChI is InChI=1S/C18H24O4/c1-11(2)21-17(19)14-9-5-7-13-8-6-10-15(16(13)14)18(20)22-12(3)4/h5,7,9,11-12,15H,6,8,10H2,1-4H3. The van der Waals surface area contributed by atoms with Crippen LogP contribution < -0.4 is 0 Å². The molecule has 0 bridgehead atoms. The molecule has 0 fully saturated rings. The first-order chi connectivity index (χ1) is 10.4. The number of hydrogen-bond donors (Lipinski definition) is 0. The summed E-state index contributed by atoms with van der Waals surface area (Å²) in [7, 11) is 0. The average molecular weight is 304 g/mol. The van der Waals surface area contributed by atoms with Crippen molar-refractivity contribution >= 4 is 11.9 Å². The van der Waals surface area contributed by atoms with Crippen LogP contribution in [0.4, 0.5) is 0 Å². The van der Waals surface area contributed by atoms with E-state index in [4.69, 9.17) is 9.47 Å². The quantitative estimate of drug-likeness (QED) is 0.797. The van der Waals surface area contributed by atoms with Crippen LogP contribution in [0.1, 0.15) is 67.9 Å². The minimum absolute atomic E-state index is 0.160. The summed E-state index contributed by atoms with van der Waals surface area (Å²) in [5.41, 5.74) is 2.34. The van der Waals surface area contributed by atoms with Crippen molar-refractivity contribution < 1.29 is 19.1 Å². The van der Waals surface area contributed by atoms with Crippen LogP contribution in [-0.4, -0.2) is 24.1 Å². The van der Waals surface area contributed by atoms with E-state index in [2.05, 4.69) is 0 Å². The highest BCUT2D eigenvalue weighted by molar-refractivity contribution is 5.94. The predicted octanol–water partition coefficient (Wildman–Crippen LogP) is 3.62. The summed E-state index contributed by atoms with van der Waals surface area (Å²) >= 11 is 0. The van der Waals surface area contributed by atoms with Crippen LogP contribution in [0.15, 0.2) is 18.2 Å².